The van der Waals surface area contributed by atoms with Crippen molar-refractivity contribution in [2.45, 2.75) is 26.8 Å². The van der Waals surface area contributed by atoms with Gasteiger partial charge in [-0.05, 0) is 32.0 Å². The Kier molecular flexibility index (Phi) is 5.43. The van der Waals surface area contributed by atoms with Crippen LogP contribution in [0, 0.1) is 13.8 Å². The summed E-state index contributed by atoms with van der Waals surface area (Å²) in [5.74, 6) is 0.750. The molecule has 28 heavy (non-hydrogen) atoms. The third-order valence-corrected chi connectivity index (χ3v) is 5.04. The van der Waals surface area contributed by atoms with Gasteiger partial charge in [-0.3, -0.25) is 0 Å². The van der Waals surface area contributed by atoms with Crippen LogP contribution in [-0.4, -0.2) is 31.3 Å². The van der Waals surface area contributed by atoms with Gasteiger partial charge >= 0.3 is 0 Å². The minimum absolute atomic E-state index is 0.694. The first-order chi connectivity index (χ1) is 13.7. The summed E-state index contributed by atoms with van der Waals surface area (Å²) in [6, 6.07) is 12.1. The molecule has 0 fully saturated rings. The number of aromatic nitrogens is 5. The molecule has 3 aromatic heterocycles. The Bertz CT molecular complexity index is 1010. The first kappa shape index (κ1) is 18.3. The number of para-hydroxylation sites is 1. The van der Waals surface area contributed by atoms with Crippen LogP contribution >= 0.6 is 11.3 Å². The maximum Gasteiger partial charge on any atom is 0.226 e. The lowest BCUT2D eigenvalue weighted by Crippen LogP contribution is -2.27. The van der Waals surface area contributed by atoms with Gasteiger partial charge in [0.2, 0.25) is 5.95 Å². The Labute approximate surface area is 168 Å². The van der Waals surface area contributed by atoms with Gasteiger partial charge in [0.05, 0.1) is 23.1 Å². The summed E-state index contributed by atoms with van der Waals surface area (Å²) in [5, 5.41) is 6.61. The first-order valence-electron chi connectivity index (χ1n) is 9.20. The molecular weight excluding hydrogens is 368 g/mol. The Morgan fingerprint density at radius 1 is 1.07 bits per heavy atom. The predicted octanol–water partition coefficient (Wildman–Crippen LogP) is 3.98. The van der Waals surface area contributed by atoms with E-state index < -0.39 is 0 Å². The highest BCUT2D eigenvalue weighted by atomic mass is 32.1. The van der Waals surface area contributed by atoms with Crippen molar-refractivity contribution in [2.24, 2.45) is 0 Å². The Balaban J connectivity index is 1.57. The van der Waals surface area contributed by atoms with Gasteiger partial charge in [0, 0.05) is 48.0 Å². The standard InChI is InChI=1S/C21H22N6S/c1-16-10-17(2)25-21(24-16)26(9-8-19-14-28-15-22-19)12-18-11-23-27(13-18)20-6-4-3-5-7-20/h3-7,10-11,13-15H,8-9,12H2,1-2H3. The molecule has 4 rings (SSSR count). The molecule has 0 N–H and O–H groups in total. The second-order valence-electron chi connectivity index (χ2n) is 6.73. The molecule has 0 atom stereocenters. The van der Waals surface area contributed by atoms with E-state index in [-0.39, 0.29) is 0 Å². The minimum atomic E-state index is 0.694. The molecule has 0 unspecified atom stereocenters. The summed E-state index contributed by atoms with van der Waals surface area (Å²) in [6.07, 6.45) is 4.83. The Morgan fingerprint density at radius 2 is 1.86 bits per heavy atom. The molecule has 0 bridgehead atoms. The molecule has 142 valence electrons. The zero-order chi connectivity index (χ0) is 19.3. The molecule has 0 aliphatic carbocycles. The summed E-state index contributed by atoms with van der Waals surface area (Å²) in [4.78, 5) is 15.9. The zero-order valence-electron chi connectivity index (χ0n) is 16.0. The molecular formula is C21H22N6S. The van der Waals surface area contributed by atoms with E-state index in [1.807, 2.05) is 66.6 Å². The lowest BCUT2D eigenvalue weighted by molar-refractivity contribution is 0.739. The van der Waals surface area contributed by atoms with Gasteiger partial charge in [-0.2, -0.15) is 5.10 Å². The molecule has 1 aromatic carbocycles. The fraction of sp³-hybridized carbons (Fsp3) is 0.238. The number of rotatable bonds is 7. The summed E-state index contributed by atoms with van der Waals surface area (Å²) in [5.41, 5.74) is 7.08. The van der Waals surface area contributed by atoms with Crippen molar-refractivity contribution in [1.29, 1.82) is 0 Å². The minimum Gasteiger partial charge on any atom is -0.336 e. The van der Waals surface area contributed by atoms with Crippen molar-refractivity contribution < 1.29 is 0 Å². The number of aryl methyl sites for hydroxylation is 2. The van der Waals surface area contributed by atoms with Gasteiger partial charge in [-0.25, -0.2) is 19.6 Å². The van der Waals surface area contributed by atoms with Crippen LogP contribution in [0.1, 0.15) is 22.6 Å². The van der Waals surface area contributed by atoms with E-state index in [1.165, 1.54) is 0 Å². The molecule has 6 nitrogen and oxygen atoms in total. The monoisotopic (exact) mass is 390 g/mol. The molecule has 0 saturated carbocycles. The number of benzene rings is 1. The molecule has 4 aromatic rings. The quantitative estimate of drug-likeness (QED) is 0.478. The van der Waals surface area contributed by atoms with Crippen molar-refractivity contribution in [2.75, 3.05) is 11.4 Å². The normalized spacial score (nSPS) is 10.9. The van der Waals surface area contributed by atoms with Crippen molar-refractivity contribution in [3.05, 3.63) is 82.3 Å². The SMILES string of the molecule is Cc1cc(C)nc(N(CCc2cscn2)Cc2cnn(-c3ccccc3)c2)n1. The number of anilines is 1. The number of hydrogen-bond acceptors (Lipinski definition) is 6. The van der Waals surface area contributed by atoms with E-state index >= 15 is 0 Å². The zero-order valence-corrected chi connectivity index (χ0v) is 16.8. The van der Waals surface area contributed by atoms with E-state index in [9.17, 15) is 0 Å². The summed E-state index contributed by atoms with van der Waals surface area (Å²) >= 11 is 1.62. The highest BCUT2D eigenvalue weighted by Gasteiger charge is 2.14. The fourth-order valence-electron chi connectivity index (χ4n) is 3.09. The van der Waals surface area contributed by atoms with Crippen molar-refractivity contribution in [3.63, 3.8) is 0 Å². The highest BCUT2D eigenvalue weighted by molar-refractivity contribution is 7.07. The lowest BCUT2D eigenvalue weighted by atomic mass is 10.2. The van der Waals surface area contributed by atoms with Crippen molar-refractivity contribution >= 4 is 17.3 Å². The maximum absolute atomic E-state index is 4.67. The molecule has 0 aliphatic rings. The van der Waals surface area contributed by atoms with Crippen LogP contribution in [0.5, 0.6) is 0 Å². The van der Waals surface area contributed by atoms with Crippen LogP contribution in [0.4, 0.5) is 5.95 Å². The highest BCUT2D eigenvalue weighted by Crippen LogP contribution is 2.16. The van der Waals surface area contributed by atoms with E-state index in [4.69, 9.17) is 0 Å². The van der Waals surface area contributed by atoms with Crippen LogP contribution in [0.3, 0.4) is 0 Å². The second kappa shape index (κ2) is 8.31. The van der Waals surface area contributed by atoms with Crippen molar-refractivity contribution in [3.8, 4) is 5.69 Å². The average molecular weight is 391 g/mol. The molecule has 0 aliphatic heterocycles. The van der Waals surface area contributed by atoms with E-state index in [0.717, 1.165) is 47.2 Å². The number of hydrogen-bond donors (Lipinski definition) is 0. The lowest BCUT2D eigenvalue weighted by Gasteiger charge is -2.22. The molecule has 0 spiro atoms. The topological polar surface area (TPSA) is 59.7 Å². The number of thiazole rings is 1. The van der Waals surface area contributed by atoms with Gasteiger partial charge in [0.25, 0.3) is 0 Å². The third-order valence-electron chi connectivity index (χ3n) is 4.40. The van der Waals surface area contributed by atoms with Crippen LogP contribution in [0.25, 0.3) is 5.69 Å². The van der Waals surface area contributed by atoms with E-state index in [0.29, 0.717) is 6.54 Å². The molecule has 0 amide bonds. The number of nitrogens with zero attached hydrogens (tertiary/aromatic N) is 6. The average Bonchev–Trinajstić information content (AvgIpc) is 3.37. The summed E-state index contributed by atoms with van der Waals surface area (Å²) in [6.45, 7) is 5.50. The van der Waals surface area contributed by atoms with E-state index in [2.05, 4.69) is 36.5 Å². The fourth-order valence-corrected chi connectivity index (χ4v) is 3.69. The second-order valence-corrected chi connectivity index (χ2v) is 7.45. The molecule has 7 heteroatoms. The summed E-state index contributed by atoms with van der Waals surface area (Å²) in [7, 11) is 0. The molecule has 3 heterocycles. The van der Waals surface area contributed by atoms with Crippen LogP contribution in [0.15, 0.2) is 59.7 Å². The van der Waals surface area contributed by atoms with Gasteiger partial charge in [-0.1, -0.05) is 18.2 Å². The maximum atomic E-state index is 4.67. The molecule has 0 saturated heterocycles. The molecule has 0 radical (unpaired) electrons. The van der Waals surface area contributed by atoms with Crippen molar-refractivity contribution in [1.82, 2.24) is 24.7 Å². The Morgan fingerprint density at radius 3 is 2.57 bits per heavy atom. The largest absolute Gasteiger partial charge is 0.336 e. The van der Waals surface area contributed by atoms with Crippen LogP contribution in [-0.2, 0) is 13.0 Å². The smallest absolute Gasteiger partial charge is 0.226 e. The van der Waals surface area contributed by atoms with Gasteiger partial charge in [-0.15, -0.1) is 11.3 Å². The van der Waals surface area contributed by atoms with Gasteiger partial charge in [0.1, 0.15) is 0 Å². The van der Waals surface area contributed by atoms with Gasteiger partial charge < -0.3 is 4.90 Å². The predicted molar refractivity (Wildman–Crippen MR) is 112 cm³/mol. The van der Waals surface area contributed by atoms with Crippen LogP contribution < -0.4 is 4.90 Å². The third kappa shape index (κ3) is 4.43. The van der Waals surface area contributed by atoms with Gasteiger partial charge in [0.15, 0.2) is 0 Å². The first-order valence-corrected chi connectivity index (χ1v) is 10.1. The summed E-state index contributed by atoms with van der Waals surface area (Å²) < 4.78 is 1.90. The van der Waals surface area contributed by atoms with E-state index in [1.54, 1.807) is 11.3 Å². The Hall–Kier alpha value is -3.06. The van der Waals surface area contributed by atoms with Crippen LogP contribution in [0.2, 0.25) is 0 Å².